The minimum absolute atomic E-state index is 0.133. The first-order valence-electron chi connectivity index (χ1n) is 9.57. The minimum Gasteiger partial charge on any atom is -0.331 e. The first-order valence-corrected chi connectivity index (χ1v) is 10.6. The third kappa shape index (κ3) is 6.63. The molecule has 2 aromatic carbocycles. The standard InChI is InChI=1S/C23H24N4O2S/c1-16(19-8-6-10-21(14-19)26-17(2)28)25-23(29)27-20-9-5-7-18(13-20)15-30-22-11-3-4-12-24-22/h3-14,16H,15H2,1-2H3,(H,26,28)(H2,25,27,29). The maximum Gasteiger partial charge on any atom is 0.319 e. The van der Waals surface area contributed by atoms with E-state index in [2.05, 4.69) is 20.9 Å². The van der Waals surface area contributed by atoms with Gasteiger partial charge in [0.15, 0.2) is 0 Å². The molecular formula is C23H24N4O2S. The van der Waals surface area contributed by atoms with E-state index in [1.165, 1.54) is 6.92 Å². The number of thioether (sulfide) groups is 1. The Morgan fingerprint density at radius 3 is 2.47 bits per heavy atom. The van der Waals surface area contributed by atoms with Gasteiger partial charge in [0.1, 0.15) is 0 Å². The topological polar surface area (TPSA) is 83.1 Å². The second-order valence-corrected chi connectivity index (χ2v) is 7.78. The summed E-state index contributed by atoms with van der Waals surface area (Å²) in [6.07, 6.45) is 1.78. The largest absolute Gasteiger partial charge is 0.331 e. The lowest BCUT2D eigenvalue weighted by Gasteiger charge is -2.16. The fourth-order valence-electron chi connectivity index (χ4n) is 2.86. The van der Waals surface area contributed by atoms with Gasteiger partial charge >= 0.3 is 6.03 Å². The molecular weight excluding hydrogens is 396 g/mol. The van der Waals surface area contributed by atoms with Crippen LogP contribution in [0.25, 0.3) is 0 Å². The van der Waals surface area contributed by atoms with Gasteiger partial charge in [-0.05, 0) is 54.4 Å². The third-order valence-electron chi connectivity index (χ3n) is 4.26. The highest BCUT2D eigenvalue weighted by molar-refractivity contribution is 7.98. The van der Waals surface area contributed by atoms with Crippen molar-refractivity contribution in [2.75, 3.05) is 10.6 Å². The summed E-state index contributed by atoms with van der Waals surface area (Å²) in [5, 5.41) is 9.52. The van der Waals surface area contributed by atoms with Crippen LogP contribution in [-0.2, 0) is 10.5 Å². The first-order chi connectivity index (χ1) is 14.5. The first kappa shape index (κ1) is 21.4. The summed E-state index contributed by atoms with van der Waals surface area (Å²) in [5.41, 5.74) is 3.43. The monoisotopic (exact) mass is 420 g/mol. The van der Waals surface area contributed by atoms with Gasteiger partial charge in [-0.1, -0.05) is 30.3 Å². The molecule has 0 saturated heterocycles. The Labute approximate surface area is 180 Å². The number of amides is 3. The van der Waals surface area contributed by atoms with Crippen molar-refractivity contribution in [1.82, 2.24) is 10.3 Å². The number of carbonyl (C=O) groups excluding carboxylic acids is 2. The van der Waals surface area contributed by atoms with E-state index in [1.54, 1.807) is 18.0 Å². The van der Waals surface area contributed by atoms with Crippen molar-refractivity contribution in [2.24, 2.45) is 0 Å². The van der Waals surface area contributed by atoms with Gasteiger partial charge in [0.05, 0.1) is 11.1 Å². The molecule has 6 nitrogen and oxygen atoms in total. The molecule has 1 aromatic heterocycles. The van der Waals surface area contributed by atoms with Gasteiger partial charge in [-0.25, -0.2) is 9.78 Å². The quantitative estimate of drug-likeness (QED) is 0.458. The number of urea groups is 1. The van der Waals surface area contributed by atoms with Gasteiger partial charge in [0.25, 0.3) is 0 Å². The molecule has 0 saturated carbocycles. The Kier molecular flexibility index (Phi) is 7.45. The van der Waals surface area contributed by atoms with Crippen molar-refractivity contribution in [2.45, 2.75) is 30.7 Å². The lowest BCUT2D eigenvalue weighted by atomic mass is 10.1. The second-order valence-electron chi connectivity index (χ2n) is 6.78. The number of nitrogens with one attached hydrogen (secondary N) is 3. The van der Waals surface area contributed by atoms with E-state index in [9.17, 15) is 9.59 Å². The van der Waals surface area contributed by atoms with Gasteiger partial charge in [-0.3, -0.25) is 4.79 Å². The zero-order chi connectivity index (χ0) is 21.3. The number of hydrogen-bond donors (Lipinski definition) is 3. The highest BCUT2D eigenvalue weighted by Crippen LogP contribution is 2.22. The van der Waals surface area contributed by atoms with E-state index < -0.39 is 0 Å². The molecule has 1 unspecified atom stereocenters. The highest BCUT2D eigenvalue weighted by Gasteiger charge is 2.11. The Bertz CT molecular complexity index is 1010. The number of pyridine rings is 1. The van der Waals surface area contributed by atoms with E-state index in [1.807, 2.05) is 73.7 Å². The Morgan fingerprint density at radius 1 is 0.967 bits per heavy atom. The van der Waals surface area contributed by atoms with E-state index in [0.29, 0.717) is 5.69 Å². The van der Waals surface area contributed by atoms with Crippen molar-refractivity contribution in [3.63, 3.8) is 0 Å². The molecule has 0 bridgehead atoms. The van der Waals surface area contributed by atoms with Crippen LogP contribution >= 0.6 is 11.8 Å². The number of carbonyl (C=O) groups is 2. The van der Waals surface area contributed by atoms with Crippen molar-refractivity contribution < 1.29 is 9.59 Å². The summed E-state index contributed by atoms with van der Waals surface area (Å²) in [6.45, 7) is 3.36. The molecule has 7 heteroatoms. The SMILES string of the molecule is CC(=O)Nc1cccc(C(C)NC(=O)Nc2cccc(CSc3ccccn3)c2)c1. The fraction of sp³-hybridized carbons (Fsp3) is 0.174. The number of aromatic nitrogens is 1. The highest BCUT2D eigenvalue weighted by atomic mass is 32.2. The van der Waals surface area contributed by atoms with Crippen LogP contribution in [0.2, 0.25) is 0 Å². The molecule has 0 spiro atoms. The molecule has 0 aliphatic rings. The molecule has 3 rings (SSSR count). The van der Waals surface area contributed by atoms with E-state index in [-0.39, 0.29) is 18.0 Å². The minimum atomic E-state index is -0.290. The normalized spacial score (nSPS) is 11.4. The molecule has 30 heavy (non-hydrogen) atoms. The summed E-state index contributed by atoms with van der Waals surface area (Å²) in [4.78, 5) is 28.0. The van der Waals surface area contributed by atoms with Crippen LogP contribution in [0.5, 0.6) is 0 Å². The molecule has 3 amide bonds. The van der Waals surface area contributed by atoms with Crippen LogP contribution in [0, 0.1) is 0 Å². The van der Waals surface area contributed by atoms with Crippen molar-refractivity contribution >= 4 is 35.1 Å². The molecule has 3 aromatic rings. The molecule has 1 atom stereocenters. The molecule has 0 aliphatic heterocycles. The van der Waals surface area contributed by atoms with Crippen LogP contribution in [0.1, 0.15) is 31.0 Å². The van der Waals surface area contributed by atoms with Crippen molar-refractivity contribution in [1.29, 1.82) is 0 Å². The molecule has 0 fully saturated rings. The van der Waals surface area contributed by atoms with E-state index in [4.69, 9.17) is 0 Å². The predicted molar refractivity (Wildman–Crippen MR) is 122 cm³/mol. The second kappa shape index (κ2) is 10.5. The number of hydrogen-bond acceptors (Lipinski definition) is 4. The Hall–Kier alpha value is -3.32. The average molecular weight is 421 g/mol. The smallest absolute Gasteiger partial charge is 0.319 e. The molecule has 1 heterocycles. The van der Waals surface area contributed by atoms with E-state index in [0.717, 1.165) is 27.6 Å². The third-order valence-corrected chi connectivity index (χ3v) is 5.28. The van der Waals surface area contributed by atoms with Gasteiger partial charge in [0.2, 0.25) is 5.91 Å². The lowest BCUT2D eigenvalue weighted by molar-refractivity contribution is -0.114. The number of rotatable bonds is 7. The number of nitrogens with zero attached hydrogens (tertiary/aromatic N) is 1. The summed E-state index contributed by atoms with van der Waals surface area (Å²) < 4.78 is 0. The summed E-state index contributed by atoms with van der Waals surface area (Å²) in [5.74, 6) is 0.632. The van der Waals surface area contributed by atoms with Gasteiger partial charge < -0.3 is 16.0 Å². The lowest BCUT2D eigenvalue weighted by Crippen LogP contribution is -2.31. The number of anilines is 2. The molecule has 0 radical (unpaired) electrons. The van der Waals surface area contributed by atoms with Crippen molar-refractivity contribution in [3.8, 4) is 0 Å². The zero-order valence-corrected chi connectivity index (χ0v) is 17.7. The molecule has 3 N–H and O–H groups in total. The van der Waals surface area contributed by atoms with E-state index >= 15 is 0 Å². The fourth-order valence-corrected chi connectivity index (χ4v) is 3.67. The van der Waals surface area contributed by atoms with Crippen LogP contribution in [-0.4, -0.2) is 16.9 Å². The van der Waals surface area contributed by atoms with Gasteiger partial charge in [0, 0.05) is 30.2 Å². The molecule has 154 valence electrons. The van der Waals surface area contributed by atoms with Crippen LogP contribution in [0.15, 0.2) is 78.0 Å². The Balaban J connectivity index is 1.56. The van der Waals surface area contributed by atoms with Crippen molar-refractivity contribution in [3.05, 3.63) is 84.1 Å². The maximum atomic E-state index is 12.4. The predicted octanol–water partition coefficient (Wildman–Crippen LogP) is 5.22. The Morgan fingerprint density at radius 2 is 1.73 bits per heavy atom. The van der Waals surface area contributed by atoms with Gasteiger partial charge in [-0.2, -0.15) is 0 Å². The van der Waals surface area contributed by atoms with Crippen LogP contribution in [0.3, 0.4) is 0 Å². The van der Waals surface area contributed by atoms with Crippen LogP contribution in [0.4, 0.5) is 16.2 Å². The summed E-state index contributed by atoms with van der Waals surface area (Å²) >= 11 is 1.65. The summed E-state index contributed by atoms with van der Waals surface area (Å²) in [7, 11) is 0. The number of benzene rings is 2. The van der Waals surface area contributed by atoms with Gasteiger partial charge in [-0.15, -0.1) is 11.8 Å². The summed E-state index contributed by atoms with van der Waals surface area (Å²) in [6, 6.07) is 20.5. The molecule has 0 aliphatic carbocycles. The average Bonchev–Trinajstić information content (AvgIpc) is 2.73. The maximum absolute atomic E-state index is 12.4. The van der Waals surface area contributed by atoms with Crippen LogP contribution < -0.4 is 16.0 Å². The zero-order valence-electron chi connectivity index (χ0n) is 16.9.